The first-order chi connectivity index (χ1) is 14.0. The van der Waals surface area contributed by atoms with Crippen LogP contribution in [0.15, 0.2) is 35.3 Å². The van der Waals surface area contributed by atoms with Crippen LogP contribution in [-0.4, -0.2) is 73.6 Å². The summed E-state index contributed by atoms with van der Waals surface area (Å²) in [6, 6.07) is 10.6. The third-order valence-electron chi connectivity index (χ3n) is 5.61. The predicted octanol–water partition coefficient (Wildman–Crippen LogP) is 3.16. The Labute approximate surface area is 198 Å². The van der Waals surface area contributed by atoms with Crippen molar-refractivity contribution in [2.24, 2.45) is 10.4 Å². The summed E-state index contributed by atoms with van der Waals surface area (Å²) in [5.74, 6) is 1.12. The van der Waals surface area contributed by atoms with E-state index in [1.807, 2.05) is 4.90 Å². The molecule has 2 aliphatic heterocycles. The Morgan fingerprint density at radius 1 is 1.17 bits per heavy atom. The van der Waals surface area contributed by atoms with Gasteiger partial charge in [-0.05, 0) is 37.2 Å². The molecular formula is C23H37IN4O2. The van der Waals surface area contributed by atoms with Crippen LogP contribution in [0.3, 0.4) is 0 Å². The van der Waals surface area contributed by atoms with Crippen LogP contribution in [0.25, 0.3) is 0 Å². The number of hydrogen-bond acceptors (Lipinski definition) is 3. The van der Waals surface area contributed by atoms with Crippen molar-refractivity contribution in [3.05, 3.63) is 35.9 Å². The van der Waals surface area contributed by atoms with E-state index in [1.165, 1.54) is 5.56 Å². The standard InChI is InChI=1S/C23H36N4O2.HI/c1-4-24-22(25-18-23(2,3)17-19-9-6-5-7-10-19)27-14-12-26(13-15-27)21(28)20-11-8-16-29-20;/h5-7,9-10,20H,4,8,11-18H2,1-3H3,(H,24,25);1H. The summed E-state index contributed by atoms with van der Waals surface area (Å²) in [6.07, 6.45) is 2.63. The second kappa shape index (κ2) is 11.9. The molecule has 168 valence electrons. The van der Waals surface area contributed by atoms with Crippen molar-refractivity contribution in [2.45, 2.75) is 46.1 Å². The van der Waals surface area contributed by atoms with Gasteiger partial charge in [0, 0.05) is 45.9 Å². The molecule has 0 saturated carbocycles. The highest BCUT2D eigenvalue weighted by Crippen LogP contribution is 2.22. The molecular weight excluding hydrogens is 491 g/mol. The molecule has 3 rings (SSSR count). The summed E-state index contributed by atoms with van der Waals surface area (Å²) in [5, 5.41) is 3.44. The lowest BCUT2D eigenvalue weighted by Crippen LogP contribution is -2.55. The van der Waals surface area contributed by atoms with Crippen LogP contribution in [0, 0.1) is 5.41 Å². The van der Waals surface area contributed by atoms with Crippen LogP contribution in [0.5, 0.6) is 0 Å². The molecule has 0 aromatic heterocycles. The van der Waals surface area contributed by atoms with Crippen LogP contribution in [0.4, 0.5) is 0 Å². The van der Waals surface area contributed by atoms with Crippen molar-refractivity contribution in [3.63, 3.8) is 0 Å². The van der Waals surface area contributed by atoms with Gasteiger partial charge in [0.05, 0.1) is 0 Å². The zero-order valence-electron chi connectivity index (χ0n) is 18.6. The van der Waals surface area contributed by atoms with Crippen molar-refractivity contribution >= 4 is 35.8 Å². The predicted molar refractivity (Wildman–Crippen MR) is 132 cm³/mol. The van der Waals surface area contributed by atoms with Gasteiger partial charge in [-0.25, -0.2) is 0 Å². The Morgan fingerprint density at radius 3 is 2.43 bits per heavy atom. The molecule has 2 aliphatic rings. The van der Waals surface area contributed by atoms with Crippen LogP contribution < -0.4 is 5.32 Å². The highest BCUT2D eigenvalue weighted by atomic mass is 127. The van der Waals surface area contributed by atoms with E-state index in [0.29, 0.717) is 6.61 Å². The number of piperazine rings is 1. The minimum absolute atomic E-state index is 0. The number of aliphatic imine (C=N–C) groups is 1. The third kappa shape index (κ3) is 7.11. The van der Waals surface area contributed by atoms with Gasteiger partial charge >= 0.3 is 0 Å². The molecule has 30 heavy (non-hydrogen) atoms. The molecule has 7 heteroatoms. The number of ether oxygens (including phenoxy) is 1. The molecule has 1 unspecified atom stereocenters. The van der Waals surface area contributed by atoms with Gasteiger partial charge in [0.2, 0.25) is 0 Å². The van der Waals surface area contributed by atoms with E-state index in [2.05, 4.69) is 61.3 Å². The summed E-state index contributed by atoms with van der Waals surface area (Å²) in [7, 11) is 0. The van der Waals surface area contributed by atoms with E-state index in [1.54, 1.807) is 0 Å². The summed E-state index contributed by atoms with van der Waals surface area (Å²) in [5.41, 5.74) is 1.43. The number of nitrogens with zero attached hydrogens (tertiary/aromatic N) is 3. The monoisotopic (exact) mass is 528 g/mol. The molecule has 0 bridgehead atoms. The van der Waals surface area contributed by atoms with E-state index in [4.69, 9.17) is 9.73 Å². The number of carbonyl (C=O) groups is 1. The van der Waals surface area contributed by atoms with E-state index in [-0.39, 0.29) is 41.4 Å². The normalized spacial score (nSPS) is 20.1. The molecule has 1 aromatic carbocycles. The molecule has 2 saturated heterocycles. The first-order valence-corrected chi connectivity index (χ1v) is 11.0. The number of halogens is 1. The molecule has 1 aromatic rings. The molecule has 1 amide bonds. The van der Waals surface area contributed by atoms with Gasteiger partial charge in [0.1, 0.15) is 6.10 Å². The molecule has 0 aliphatic carbocycles. The lowest BCUT2D eigenvalue weighted by Gasteiger charge is -2.37. The van der Waals surface area contributed by atoms with Crippen LogP contribution >= 0.6 is 24.0 Å². The van der Waals surface area contributed by atoms with Gasteiger partial charge in [-0.3, -0.25) is 9.79 Å². The fourth-order valence-corrected chi connectivity index (χ4v) is 4.03. The Hall–Kier alpha value is -1.35. The molecule has 1 N–H and O–H groups in total. The van der Waals surface area contributed by atoms with Crippen molar-refractivity contribution < 1.29 is 9.53 Å². The summed E-state index contributed by atoms with van der Waals surface area (Å²) < 4.78 is 5.56. The summed E-state index contributed by atoms with van der Waals surface area (Å²) >= 11 is 0. The molecule has 2 heterocycles. The van der Waals surface area contributed by atoms with Crippen LogP contribution in [-0.2, 0) is 16.0 Å². The third-order valence-corrected chi connectivity index (χ3v) is 5.61. The zero-order chi connectivity index (χ0) is 20.7. The quantitative estimate of drug-likeness (QED) is 0.350. The van der Waals surface area contributed by atoms with E-state index >= 15 is 0 Å². The van der Waals surface area contributed by atoms with Crippen molar-refractivity contribution in [1.29, 1.82) is 0 Å². The second-order valence-corrected chi connectivity index (χ2v) is 8.81. The van der Waals surface area contributed by atoms with Crippen molar-refractivity contribution in [2.75, 3.05) is 45.9 Å². The van der Waals surface area contributed by atoms with Crippen molar-refractivity contribution in [3.8, 4) is 0 Å². The summed E-state index contributed by atoms with van der Waals surface area (Å²) in [6.45, 7) is 12.0. The Balaban J connectivity index is 0.00000320. The Bertz CT molecular complexity index is 682. The maximum absolute atomic E-state index is 12.6. The maximum Gasteiger partial charge on any atom is 0.251 e. The van der Waals surface area contributed by atoms with E-state index in [9.17, 15) is 4.79 Å². The fourth-order valence-electron chi connectivity index (χ4n) is 4.03. The molecule has 2 fully saturated rings. The minimum Gasteiger partial charge on any atom is -0.368 e. The van der Waals surface area contributed by atoms with E-state index in [0.717, 1.165) is 64.5 Å². The van der Waals surface area contributed by atoms with E-state index < -0.39 is 0 Å². The molecule has 0 radical (unpaired) electrons. The van der Waals surface area contributed by atoms with Crippen LogP contribution in [0.2, 0.25) is 0 Å². The Morgan fingerprint density at radius 2 is 1.83 bits per heavy atom. The SMILES string of the molecule is CCNC(=NCC(C)(C)Cc1ccccc1)N1CCN(C(=O)C2CCCO2)CC1.I. The molecule has 6 nitrogen and oxygen atoms in total. The smallest absolute Gasteiger partial charge is 0.251 e. The number of amides is 1. The second-order valence-electron chi connectivity index (χ2n) is 8.81. The highest BCUT2D eigenvalue weighted by Gasteiger charge is 2.31. The number of hydrogen-bond donors (Lipinski definition) is 1. The number of carbonyl (C=O) groups excluding carboxylic acids is 1. The number of benzene rings is 1. The Kier molecular flexibility index (Phi) is 9.87. The van der Waals surface area contributed by atoms with Gasteiger partial charge < -0.3 is 19.9 Å². The van der Waals surface area contributed by atoms with Crippen molar-refractivity contribution in [1.82, 2.24) is 15.1 Å². The first-order valence-electron chi connectivity index (χ1n) is 11.0. The molecule has 1 atom stereocenters. The van der Waals surface area contributed by atoms with Gasteiger partial charge in [-0.2, -0.15) is 0 Å². The van der Waals surface area contributed by atoms with Gasteiger partial charge in [-0.15, -0.1) is 24.0 Å². The number of nitrogens with one attached hydrogen (secondary N) is 1. The highest BCUT2D eigenvalue weighted by molar-refractivity contribution is 14.0. The van der Waals surface area contributed by atoms with Gasteiger partial charge in [-0.1, -0.05) is 44.2 Å². The first kappa shape index (κ1) is 24.9. The minimum atomic E-state index is -0.220. The summed E-state index contributed by atoms with van der Waals surface area (Å²) in [4.78, 5) is 21.8. The topological polar surface area (TPSA) is 57.2 Å². The van der Waals surface area contributed by atoms with Crippen LogP contribution in [0.1, 0.15) is 39.2 Å². The lowest BCUT2D eigenvalue weighted by atomic mass is 9.86. The average molecular weight is 528 g/mol. The largest absolute Gasteiger partial charge is 0.368 e. The molecule has 0 spiro atoms. The number of rotatable bonds is 6. The maximum atomic E-state index is 12.6. The number of guanidine groups is 1. The van der Waals surface area contributed by atoms with Gasteiger partial charge in [0.15, 0.2) is 5.96 Å². The average Bonchev–Trinajstić information content (AvgIpc) is 3.26. The lowest BCUT2D eigenvalue weighted by molar-refractivity contribution is -0.142. The zero-order valence-corrected chi connectivity index (χ0v) is 20.9. The fraction of sp³-hybridized carbons (Fsp3) is 0.652. The van der Waals surface area contributed by atoms with Gasteiger partial charge in [0.25, 0.3) is 5.91 Å².